The lowest BCUT2D eigenvalue weighted by Gasteiger charge is -2.41. The molecule has 41 heavy (non-hydrogen) atoms. The first-order valence-electron chi connectivity index (χ1n) is 12.5. The van der Waals surface area contributed by atoms with Gasteiger partial charge in [-0.1, -0.05) is 39.2 Å². The van der Waals surface area contributed by atoms with Gasteiger partial charge in [-0.3, -0.25) is 0 Å². The second kappa shape index (κ2) is 15.6. The molecule has 0 saturated carbocycles. The topological polar surface area (TPSA) is 76.0 Å². The Morgan fingerprint density at radius 3 is 1.59 bits per heavy atom. The molecular formula is C24H34F12O5. The maximum Gasteiger partial charge on any atom is 0.384 e. The summed E-state index contributed by atoms with van der Waals surface area (Å²) in [6, 6.07) is 0. The van der Waals surface area contributed by atoms with Crippen LogP contribution in [0.2, 0.25) is 0 Å². The number of carbonyl (C=O) groups is 1. The van der Waals surface area contributed by atoms with Gasteiger partial charge in [-0.05, 0) is 12.8 Å². The Labute approximate surface area is 228 Å². The number of hydrogen-bond donors (Lipinski definition) is 2. The van der Waals surface area contributed by atoms with Crippen molar-refractivity contribution in [3.63, 3.8) is 0 Å². The van der Waals surface area contributed by atoms with Gasteiger partial charge in [-0.2, -0.15) is 52.7 Å². The maximum absolute atomic E-state index is 14.0. The van der Waals surface area contributed by atoms with Crippen molar-refractivity contribution in [2.24, 2.45) is 5.92 Å². The number of aliphatic hydroxyl groups excluding tert-OH is 2. The van der Waals surface area contributed by atoms with Crippen molar-refractivity contribution in [1.82, 2.24) is 0 Å². The van der Waals surface area contributed by atoms with E-state index >= 15 is 0 Å². The first-order valence-corrected chi connectivity index (χ1v) is 12.5. The highest BCUT2D eigenvalue weighted by atomic mass is 19.4. The number of ether oxygens (including phenoxy) is 2. The number of halogens is 12. The monoisotopic (exact) mass is 630 g/mol. The zero-order valence-electron chi connectivity index (χ0n) is 22.1. The van der Waals surface area contributed by atoms with E-state index in [1.165, 1.54) is 0 Å². The van der Waals surface area contributed by atoms with Crippen molar-refractivity contribution in [3.8, 4) is 0 Å². The van der Waals surface area contributed by atoms with Gasteiger partial charge in [0.25, 0.3) is 0 Å². The summed E-state index contributed by atoms with van der Waals surface area (Å²) in [6.07, 6.45) is -5.64. The molecule has 2 N–H and O–H groups in total. The van der Waals surface area contributed by atoms with Crippen molar-refractivity contribution in [2.75, 3.05) is 33.0 Å². The van der Waals surface area contributed by atoms with Crippen LogP contribution in [0.4, 0.5) is 52.7 Å². The van der Waals surface area contributed by atoms with Crippen LogP contribution in [0.1, 0.15) is 58.3 Å². The number of alkyl halides is 12. The molecule has 0 rings (SSSR count). The van der Waals surface area contributed by atoms with Crippen molar-refractivity contribution in [1.29, 1.82) is 0 Å². The number of hydrogen-bond acceptors (Lipinski definition) is 5. The molecule has 0 aromatic carbocycles. The summed E-state index contributed by atoms with van der Waals surface area (Å²) in [6.45, 7) is 1.97. The normalized spacial score (nSPS) is 14.0. The Morgan fingerprint density at radius 2 is 1.15 bits per heavy atom. The summed E-state index contributed by atoms with van der Waals surface area (Å²) < 4.78 is 177. The van der Waals surface area contributed by atoms with Gasteiger partial charge in [0.15, 0.2) is 0 Å². The van der Waals surface area contributed by atoms with Gasteiger partial charge < -0.3 is 19.7 Å². The van der Waals surface area contributed by atoms with E-state index in [0.29, 0.717) is 12.8 Å². The van der Waals surface area contributed by atoms with Crippen molar-refractivity contribution in [2.45, 2.75) is 93.8 Å². The number of carbonyl (C=O) groups excluding carboxylic acids is 1. The predicted molar refractivity (Wildman–Crippen MR) is 121 cm³/mol. The van der Waals surface area contributed by atoms with Gasteiger partial charge in [0, 0.05) is 18.8 Å². The Kier molecular flexibility index (Phi) is 15.0. The number of aliphatic hydroxyl groups is 2. The lowest BCUT2D eigenvalue weighted by atomic mass is 9.88. The number of unbranched alkanes of at least 4 members (excludes halogenated alkanes) is 4. The van der Waals surface area contributed by atoms with Gasteiger partial charge in [0.2, 0.25) is 0 Å². The summed E-state index contributed by atoms with van der Waals surface area (Å²) in [5, 5.41) is 17.7. The highest BCUT2D eigenvalue weighted by Gasteiger charge is 2.89. The third kappa shape index (κ3) is 9.37. The van der Waals surface area contributed by atoms with E-state index in [1.807, 2.05) is 0 Å². The van der Waals surface area contributed by atoms with Crippen molar-refractivity contribution >= 4 is 5.97 Å². The lowest BCUT2D eigenvalue weighted by molar-refractivity contribution is -0.425. The van der Waals surface area contributed by atoms with Gasteiger partial charge in [-0.15, -0.1) is 0 Å². The van der Waals surface area contributed by atoms with E-state index in [9.17, 15) is 57.5 Å². The van der Waals surface area contributed by atoms with Gasteiger partial charge in [0.1, 0.15) is 0 Å². The third-order valence-corrected chi connectivity index (χ3v) is 6.00. The SMILES string of the molecule is C=C(COCC(CO)CO)C(=O)OCCCC(F)(F)C(F)(F)C(F)(F)C(F)(F)C(F)(F)C(F)(F)CCCCCCC. The largest absolute Gasteiger partial charge is 0.462 e. The Morgan fingerprint density at radius 1 is 0.707 bits per heavy atom. The molecule has 17 heteroatoms. The van der Waals surface area contributed by atoms with Crippen LogP contribution in [0, 0.1) is 5.92 Å². The third-order valence-electron chi connectivity index (χ3n) is 6.00. The van der Waals surface area contributed by atoms with Crippen LogP contribution in [-0.4, -0.2) is 84.8 Å². The van der Waals surface area contributed by atoms with Gasteiger partial charge in [-0.25, -0.2) is 4.79 Å². The fraction of sp³-hybridized carbons (Fsp3) is 0.875. The molecule has 0 aliphatic carbocycles. The smallest absolute Gasteiger partial charge is 0.384 e. The van der Waals surface area contributed by atoms with Gasteiger partial charge >= 0.3 is 41.5 Å². The molecule has 0 spiro atoms. The molecule has 0 unspecified atom stereocenters. The molecule has 0 aliphatic rings. The van der Waals surface area contributed by atoms with E-state index in [0.717, 1.165) is 0 Å². The molecule has 0 aliphatic heterocycles. The molecule has 0 aromatic heterocycles. The molecule has 0 atom stereocenters. The number of rotatable bonds is 22. The zero-order valence-corrected chi connectivity index (χ0v) is 22.1. The van der Waals surface area contributed by atoms with E-state index in [1.54, 1.807) is 6.92 Å². The summed E-state index contributed by atoms with van der Waals surface area (Å²) in [7, 11) is 0. The summed E-state index contributed by atoms with van der Waals surface area (Å²) in [4.78, 5) is 11.7. The standard InChI is InChI=1S/C24H34F12O5/c1-3-4-5-6-7-9-19(25,26)21(29,30)23(33,34)24(35,36)22(31,32)20(27,28)10-8-11-41-18(39)16(2)14-40-15-17(12-37)13-38/h17,37-38H,2-15H2,1H3. The highest BCUT2D eigenvalue weighted by molar-refractivity contribution is 5.87. The molecule has 0 heterocycles. The minimum absolute atomic E-state index is 0.186. The molecular weight excluding hydrogens is 596 g/mol. The first kappa shape index (κ1) is 39.2. The molecule has 0 saturated heterocycles. The first-order chi connectivity index (χ1) is 18.6. The summed E-state index contributed by atoms with van der Waals surface area (Å²) in [5.74, 6) is -43.7. The average Bonchev–Trinajstić information content (AvgIpc) is 2.88. The fourth-order valence-corrected chi connectivity index (χ4v) is 3.25. The second-order valence-corrected chi connectivity index (χ2v) is 9.46. The maximum atomic E-state index is 14.0. The van der Waals surface area contributed by atoms with Crippen molar-refractivity contribution in [3.05, 3.63) is 12.2 Å². The quantitative estimate of drug-likeness (QED) is 0.0606. The minimum atomic E-state index is -7.64. The van der Waals surface area contributed by atoms with E-state index in [4.69, 9.17) is 14.9 Å². The predicted octanol–water partition coefficient (Wildman–Crippen LogP) is 6.66. The highest BCUT2D eigenvalue weighted by Crippen LogP contribution is 2.61. The Bertz CT molecular complexity index is 817. The summed E-state index contributed by atoms with van der Waals surface area (Å²) >= 11 is 0. The molecule has 0 amide bonds. The lowest BCUT2D eigenvalue weighted by Crippen LogP contribution is -2.70. The van der Waals surface area contributed by atoms with Crippen LogP contribution in [0.15, 0.2) is 12.2 Å². The minimum Gasteiger partial charge on any atom is -0.462 e. The molecule has 0 aromatic rings. The zero-order chi connectivity index (χ0) is 32.3. The number of esters is 1. The van der Waals surface area contributed by atoms with Crippen LogP contribution >= 0.6 is 0 Å². The van der Waals surface area contributed by atoms with Crippen LogP contribution in [-0.2, 0) is 14.3 Å². The molecule has 5 nitrogen and oxygen atoms in total. The molecule has 0 fully saturated rings. The summed E-state index contributed by atoms with van der Waals surface area (Å²) in [5.41, 5.74) is -0.462. The molecule has 0 radical (unpaired) electrons. The average molecular weight is 631 g/mol. The van der Waals surface area contributed by atoms with Gasteiger partial charge in [0.05, 0.1) is 38.6 Å². The Balaban J connectivity index is 5.32. The van der Waals surface area contributed by atoms with Crippen LogP contribution < -0.4 is 0 Å². The van der Waals surface area contributed by atoms with E-state index in [2.05, 4.69) is 11.3 Å². The van der Waals surface area contributed by atoms with E-state index < -0.39 is 105 Å². The Hall–Kier alpha value is -1.75. The van der Waals surface area contributed by atoms with Crippen molar-refractivity contribution < 1.29 is 77.2 Å². The fourth-order valence-electron chi connectivity index (χ4n) is 3.25. The van der Waals surface area contributed by atoms with Crippen LogP contribution in [0.25, 0.3) is 0 Å². The molecule has 0 bridgehead atoms. The van der Waals surface area contributed by atoms with Crippen LogP contribution in [0.5, 0.6) is 0 Å². The van der Waals surface area contributed by atoms with E-state index in [-0.39, 0.29) is 19.4 Å². The molecule has 244 valence electrons. The van der Waals surface area contributed by atoms with Crippen LogP contribution in [0.3, 0.4) is 0 Å². The second-order valence-electron chi connectivity index (χ2n) is 9.46.